The lowest BCUT2D eigenvalue weighted by Crippen LogP contribution is -2.44. The molecule has 2 aromatic heterocycles. The molecule has 10 nitrogen and oxygen atoms in total. The van der Waals surface area contributed by atoms with Crippen molar-refractivity contribution in [3.63, 3.8) is 0 Å². The summed E-state index contributed by atoms with van der Waals surface area (Å²) < 4.78 is 0. The van der Waals surface area contributed by atoms with E-state index in [0.717, 1.165) is 55.4 Å². The number of nitriles is 1. The Labute approximate surface area is 210 Å². The van der Waals surface area contributed by atoms with Gasteiger partial charge in [0, 0.05) is 44.5 Å². The monoisotopic (exact) mass is 483 g/mol. The standard InChI is InChI=1S/C26H29N9O/c1-33-11-13-34(14-12-33)24-7-5-20(17-30-24)31-26-29-9-8-21(32-26)18-4-6-22(19(15-18)16-27)35-10-2-3-23(35)25(28)36/h4-9,15,17,23H,2-3,10-14H2,1H3,(H2,28,36)(H,29,31,32)/t23-/m1/s1. The third-order valence-corrected chi connectivity index (χ3v) is 6.79. The van der Waals surface area contributed by atoms with Crippen molar-refractivity contribution in [3.8, 4) is 17.3 Å². The van der Waals surface area contributed by atoms with Crippen LogP contribution in [-0.4, -0.2) is 71.6 Å². The Morgan fingerprint density at radius 1 is 1.11 bits per heavy atom. The van der Waals surface area contributed by atoms with Crippen molar-refractivity contribution in [2.24, 2.45) is 5.73 Å². The minimum Gasteiger partial charge on any atom is -0.368 e. The summed E-state index contributed by atoms with van der Waals surface area (Å²) in [4.78, 5) is 32.0. The second-order valence-corrected chi connectivity index (χ2v) is 9.18. The average molecular weight is 484 g/mol. The quantitative estimate of drug-likeness (QED) is 0.543. The molecular formula is C26H29N9O. The van der Waals surface area contributed by atoms with Gasteiger partial charge in [0.05, 0.1) is 28.8 Å². The summed E-state index contributed by atoms with van der Waals surface area (Å²) >= 11 is 0. The number of hydrogen-bond donors (Lipinski definition) is 2. The minimum atomic E-state index is -0.381. The predicted octanol–water partition coefficient (Wildman–Crippen LogP) is 2.36. The van der Waals surface area contributed by atoms with Crippen molar-refractivity contribution in [3.05, 3.63) is 54.4 Å². The molecule has 0 spiro atoms. The fourth-order valence-corrected chi connectivity index (χ4v) is 4.78. The lowest BCUT2D eigenvalue weighted by Gasteiger charge is -2.33. The van der Waals surface area contributed by atoms with Gasteiger partial charge in [0.2, 0.25) is 11.9 Å². The third-order valence-electron chi connectivity index (χ3n) is 6.79. The average Bonchev–Trinajstić information content (AvgIpc) is 3.40. The Morgan fingerprint density at radius 3 is 2.67 bits per heavy atom. The van der Waals surface area contributed by atoms with Crippen LogP contribution in [-0.2, 0) is 4.79 Å². The Kier molecular flexibility index (Phi) is 6.64. The van der Waals surface area contributed by atoms with Gasteiger partial charge in [-0.15, -0.1) is 0 Å². The normalized spacial score (nSPS) is 18.2. The van der Waals surface area contributed by atoms with Crippen LogP contribution in [0.5, 0.6) is 0 Å². The molecule has 36 heavy (non-hydrogen) atoms. The summed E-state index contributed by atoms with van der Waals surface area (Å²) in [5.41, 5.74) is 9.05. The van der Waals surface area contributed by atoms with Gasteiger partial charge in [0.25, 0.3) is 0 Å². The number of primary amides is 1. The molecule has 2 saturated heterocycles. The first-order valence-electron chi connectivity index (χ1n) is 12.1. The van der Waals surface area contributed by atoms with Gasteiger partial charge in [-0.25, -0.2) is 15.0 Å². The van der Waals surface area contributed by atoms with Gasteiger partial charge in [-0.1, -0.05) is 6.07 Å². The van der Waals surface area contributed by atoms with Gasteiger partial charge in [-0.2, -0.15) is 5.26 Å². The van der Waals surface area contributed by atoms with Crippen LogP contribution >= 0.6 is 0 Å². The Balaban J connectivity index is 1.32. The van der Waals surface area contributed by atoms with Crippen molar-refractivity contribution in [2.45, 2.75) is 18.9 Å². The number of carbonyl (C=O) groups excluding carboxylic acids is 1. The van der Waals surface area contributed by atoms with Crippen molar-refractivity contribution >= 4 is 29.0 Å². The zero-order chi connectivity index (χ0) is 25.1. The SMILES string of the molecule is CN1CCN(c2ccc(Nc3nccc(-c4ccc(N5CCC[C@@H]5C(N)=O)c(C#N)c4)n3)cn2)CC1. The highest BCUT2D eigenvalue weighted by atomic mass is 16.1. The number of nitrogens with zero attached hydrogens (tertiary/aromatic N) is 7. The maximum Gasteiger partial charge on any atom is 0.240 e. The van der Waals surface area contributed by atoms with Crippen LogP contribution in [0, 0.1) is 11.3 Å². The molecule has 1 atom stereocenters. The number of carbonyl (C=O) groups is 1. The molecule has 0 radical (unpaired) electrons. The molecule has 0 aliphatic carbocycles. The van der Waals surface area contributed by atoms with Crippen molar-refractivity contribution in [2.75, 3.05) is 54.9 Å². The van der Waals surface area contributed by atoms with E-state index in [9.17, 15) is 10.1 Å². The molecule has 2 aliphatic heterocycles. The lowest BCUT2D eigenvalue weighted by atomic mass is 10.0. The lowest BCUT2D eigenvalue weighted by molar-refractivity contribution is -0.119. The number of hydrogen-bond acceptors (Lipinski definition) is 9. The van der Waals surface area contributed by atoms with Gasteiger partial charge in [-0.05, 0) is 50.2 Å². The van der Waals surface area contributed by atoms with E-state index in [2.05, 4.69) is 43.2 Å². The minimum absolute atomic E-state index is 0.363. The van der Waals surface area contributed by atoms with Crippen molar-refractivity contribution in [1.82, 2.24) is 19.9 Å². The van der Waals surface area contributed by atoms with Crippen LogP contribution in [0.3, 0.4) is 0 Å². The molecule has 3 N–H and O–H groups in total. The van der Waals surface area contributed by atoms with Gasteiger partial charge in [-0.3, -0.25) is 4.79 Å². The molecule has 0 unspecified atom stereocenters. The molecular weight excluding hydrogens is 454 g/mol. The molecule has 184 valence electrons. The van der Waals surface area contributed by atoms with E-state index in [0.29, 0.717) is 30.2 Å². The number of piperazine rings is 1. The number of nitrogens with one attached hydrogen (secondary N) is 1. The number of pyridine rings is 1. The summed E-state index contributed by atoms with van der Waals surface area (Å²) in [6.45, 7) is 4.68. The van der Waals surface area contributed by atoms with E-state index < -0.39 is 0 Å². The summed E-state index contributed by atoms with van der Waals surface area (Å²) in [6, 6.07) is 13.2. The fourth-order valence-electron chi connectivity index (χ4n) is 4.78. The van der Waals surface area contributed by atoms with Gasteiger partial charge in [0.1, 0.15) is 17.9 Å². The number of benzene rings is 1. The largest absolute Gasteiger partial charge is 0.368 e. The fraction of sp³-hybridized carbons (Fsp3) is 0.346. The van der Waals surface area contributed by atoms with Gasteiger partial charge >= 0.3 is 0 Å². The van der Waals surface area contributed by atoms with Gasteiger partial charge in [0.15, 0.2) is 0 Å². The first-order chi connectivity index (χ1) is 17.5. The Bertz CT molecular complexity index is 1280. The molecule has 4 heterocycles. The van der Waals surface area contributed by atoms with E-state index >= 15 is 0 Å². The highest BCUT2D eigenvalue weighted by molar-refractivity contribution is 5.85. The molecule has 0 bridgehead atoms. The number of aromatic nitrogens is 3. The zero-order valence-electron chi connectivity index (χ0n) is 20.3. The number of anilines is 4. The molecule has 2 fully saturated rings. The van der Waals surface area contributed by atoms with Crippen LogP contribution in [0.4, 0.5) is 23.1 Å². The summed E-state index contributed by atoms with van der Waals surface area (Å²) in [7, 11) is 2.13. The first kappa shape index (κ1) is 23.5. The van der Waals surface area contributed by atoms with Crippen LogP contribution < -0.4 is 20.9 Å². The summed E-state index contributed by atoms with van der Waals surface area (Å²) in [5, 5.41) is 13.0. The van der Waals surface area contributed by atoms with E-state index in [-0.39, 0.29) is 11.9 Å². The van der Waals surface area contributed by atoms with Crippen LogP contribution in [0.1, 0.15) is 18.4 Å². The van der Waals surface area contributed by atoms with Crippen molar-refractivity contribution in [1.29, 1.82) is 5.26 Å². The molecule has 1 aromatic carbocycles. The first-order valence-corrected chi connectivity index (χ1v) is 12.1. The van der Waals surface area contributed by atoms with Crippen LogP contribution in [0.2, 0.25) is 0 Å². The predicted molar refractivity (Wildman–Crippen MR) is 139 cm³/mol. The van der Waals surface area contributed by atoms with E-state index in [1.54, 1.807) is 24.5 Å². The maximum absolute atomic E-state index is 11.8. The Hall–Kier alpha value is -4.23. The number of amides is 1. The summed E-state index contributed by atoms with van der Waals surface area (Å²) in [6.07, 6.45) is 5.04. The molecule has 2 aliphatic rings. The third kappa shape index (κ3) is 4.92. The molecule has 5 rings (SSSR count). The highest BCUT2D eigenvalue weighted by Gasteiger charge is 2.30. The molecule has 1 amide bonds. The zero-order valence-corrected chi connectivity index (χ0v) is 20.3. The Morgan fingerprint density at radius 2 is 1.94 bits per heavy atom. The second kappa shape index (κ2) is 10.2. The topological polar surface area (TPSA) is 127 Å². The van der Waals surface area contributed by atoms with Crippen molar-refractivity contribution < 1.29 is 4.79 Å². The number of nitrogens with two attached hydrogens (primary N) is 1. The molecule has 3 aromatic rings. The van der Waals surface area contributed by atoms with E-state index in [1.165, 1.54) is 0 Å². The van der Waals surface area contributed by atoms with E-state index in [1.807, 2.05) is 29.2 Å². The number of rotatable bonds is 6. The van der Waals surface area contributed by atoms with Crippen LogP contribution in [0.25, 0.3) is 11.3 Å². The molecule has 10 heteroatoms. The van der Waals surface area contributed by atoms with Gasteiger partial charge < -0.3 is 25.8 Å². The maximum atomic E-state index is 11.8. The smallest absolute Gasteiger partial charge is 0.240 e. The van der Waals surface area contributed by atoms with Crippen LogP contribution in [0.15, 0.2) is 48.8 Å². The van der Waals surface area contributed by atoms with E-state index in [4.69, 9.17) is 5.73 Å². The molecule has 0 saturated carbocycles. The summed E-state index contributed by atoms with van der Waals surface area (Å²) in [5.74, 6) is 1.04. The second-order valence-electron chi connectivity index (χ2n) is 9.18. The number of likely N-dealkylation sites (N-methyl/N-ethyl adjacent to an activating group) is 1. The highest BCUT2D eigenvalue weighted by Crippen LogP contribution is 2.31.